The van der Waals surface area contributed by atoms with Gasteiger partial charge in [-0.05, 0) is 120 Å². The summed E-state index contributed by atoms with van der Waals surface area (Å²) in [5, 5.41) is 5.49. The molecule has 316 valence electrons. The summed E-state index contributed by atoms with van der Waals surface area (Å²) < 4.78 is 0. The standard InChI is InChI=1S/C63H55NSi/c1-63(2)60-31-19-18-30-57(60)59-44-58(50-34-32-48(33-35-50)46-20-8-3-9-21-46)62(45-61(59)63)64(51-38-36-49(37-39-51)47-22-10-4-11-23-47)52-40-42-56(43-41-52)65(53-24-12-5-13-25-53,54-26-14-6-15-27-54)55-28-16-7-17-29-55/h3,5-9,12-21,24-45,47H,4,10-11,22-23H2,1-2H3. The van der Waals surface area contributed by atoms with E-state index in [-0.39, 0.29) is 5.41 Å². The second kappa shape index (κ2) is 17.2. The minimum atomic E-state index is -2.73. The van der Waals surface area contributed by atoms with Gasteiger partial charge in [0.05, 0.1) is 5.69 Å². The number of rotatable bonds is 10. The van der Waals surface area contributed by atoms with E-state index in [0.29, 0.717) is 5.92 Å². The van der Waals surface area contributed by atoms with Gasteiger partial charge in [0.15, 0.2) is 8.07 Å². The minimum absolute atomic E-state index is 0.164. The van der Waals surface area contributed by atoms with Crippen molar-refractivity contribution in [3.8, 4) is 33.4 Å². The average molecular weight is 854 g/mol. The molecule has 0 saturated heterocycles. The summed E-state index contributed by atoms with van der Waals surface area (Å²) in [5.41, 5.74) is 15.1. The van der Waals surface area contributed by atoms with Crippen molar-refractivity contribution in [3.63, 3.8) is 0 Å². The van der Waals surface area contributed by atoms with E-state index in [9.17, 15) is 0 Å². The van der Waals surface area contributed by atoms with Gasteiger partial charge in [-0.2, -0.15) is 0 Å². The third-order valence-electron chi connectivity index (χ3n) is 14.7. The van der Waals surface area contributed by atoms with Crippen molar-refractivity contribution in [1.29, 1.82) is 0 Å². The van der Waals surface area contributed by atoms with Crippen LogP contribution in [0.25, 0.3) is 33.4 Å². The molecule has 9 aromatic rings. The molecule has 65 heavy (non-hydrogen) atoms. The predicted molar refractivity (Wildman–Crippen MR) is 279 cm³/mol. The number of hydrogen-bond acceptors (Lipinski definition) is 1. The van der Waals surface area contributed by atoms with Gasteiger partial charge >= 0.3 is 0 Å². The normalized spacial score (nSPS) is 14.4. The lowest BCUT2D eigenvalue weighted by Crippen LogP contribution is -2.74. The Kier molecular flexibility index (Phi) is 10.8. The second-order valence-corrected chi connectivity index (χ2v) is 22.5. The summed E-state index contributed by atoms with van der Waals surface area (Å²) in [4.78, 5) is 2.55. The fraction of sp³-hybridized carbons (Fsp3) is 0.143. The quantitative estimate of drug-likeness (QED) is 0.0979. The molecule has 0 bridgehead atoms. The molecule has 2 aliphatic rings. The fourth-order valence-corrected chi connectivity index (χ4v) is 16.1. The molecule has 0 radical (unpaired) electrons. The second-order valence-electron chi connectivity index (χ2n) is 18.7. The van der Waals surface area contributed by atoms with Crippen molar-refractivity contribution >= 4 is 45.9 Å². The summed E-state index contributed by atoms with van der Waals surface area (Å²) in [7, 11) is -2.73. The van der Waals surface area contributed by atoms with E-state index >= 15 is 0 Å². The first-order valence-corrected chi connectivity index (χ1v) is 25.6. The highest BCUT2D eigenvalue weighted by molar-refractivity contribution is 7.19. The van der Waals surface area contributed by atoms with Crippen molar-refractivity contribution in [2.75, 3.05) is 4.90 Å². The monoisotopic (exact) mass is 853 g/mol. The average Bonchev–Trinajstić information content (AvgIpc) is 3.61. The van der Waals surface area contributed by atoms with E-state index in [2.05, 4.69) is 249 Å². The first-order valence-electron chi connectivity index (χ1n) is 23.6. The Bertz CT molecular complexity index is 2950. The molecule has 0 aromatic heterocycles. The van der Waals surface area contributed by atoms with Crippen molar-refractivity contribution < 1.29 is 0 Å². The number of fused-ring (bicyclic) bond motifs is 3. The molecule has 2 aliphatic carbocycles. The van der Waals surface area contributed by atoms with E-state index in [0.717, 1.165) is 5.69 Å². The summed E-state index contributed by atoms with van der Waals surface area (Å²) in [6, 6.07) is 87.1. The van der Waals surface area contributed by atoms with Gasteiger partial charge in [0, 0.05) is 22.4 Å². The van der Waals surface area contributed by atoms with Crippen LogP contribution in [0.1, 0.15) is 68.6 Å². The van der Waals surface area contributed by atoms with Crippen LogP contribution in [-0.4, -0.2) is 8.07 Å². The van der Waals surface area contributed by atoms with Gasteiger partial charge in [-0.3, -0.25) is 0 Å². The summed E-state index contributed by atoms with van der Waals surface area (Å²) >= 11 is 0. The van der Waals surface area contributed by atoms with E-state index in [4.69, 9.17) is 0 Å². The maximum Gasteiger partial charge on any atom is 0.179 e. The van der Waals surface area contributed by atoms with Gasteiger partial charge in [0.1, 0.15) is 0 Å². The lowest BCUT2D eigenvalue weighted by molar-refractivity contribution is 0.443. The molecule has 0 heterocycles. The zero-order valence-electron chi connectivity index (χ0n) is 37.5. The maximum absolute atomic E-state index is 2.73. The van der Waals surface area contributed by atoms with Crippen LogP contribution in [0.2, 0.25) is 0 Å². The van der Waals surface area contributed by atoms with Crippen molar-refractivity contribution in [2.24, 2.45) is 0 Å². The van der Waals surface area contributed by atoms with Crippen molar-refractivity contribution in [2.45, 2.75) is 57.3 Å². The van der Waals surface area contributed by atoms with Gasteiger partial charge < -0.3 is 4.90 Å². The van der Waals surface area contributed by atoms with Crippen molar-refractivity contribution in [1.82, 2.24) is 0 Å². The molecule has 2 heteroatoms. The number of anilines is 3. The van der Waals surface area contributed by atoms with Gasteiger partial charge in [-0.25, -0.2) is 0 Å². The molecule has 1 saturated carbocycles. The molecular weight excluding hydrogens is 799 g/mol. The molecule has 0 amide bonds. The summed E-state index contributed by atoms with van der Waals surface area (Å²) in [6.45, 7) is 4.80. The highest BCUT2D eigenvalue weighted by atomic mass is 28.3. The topological polar surface area (TPSA) is 3.24 Å². The molecule has 0 unspecified atom stereocenters. The molecule has 0 aliphatic heterocycles. The Balaban J connectivity index is 1.13. The van der Waals surface area contributed by atoms with Crippen LogP contribution in [0.15, 0.2) is 231 Å². The smallest absolute Gasteiger partial charge is 0.179 e. The van der Waals surface area contributed by atoms with Crippen LogP contribution in [0.5, 0.6) is 0 Å². The lowest BCUT2D eigenvalue weighted by Gasteiger charge is -2.35. The van der Waals surface area contributed by atoms with E-state index in [1.807, 2.05) is 0 Å². The number of nitrogens with zero attached hydrogens (tertiary/aromatic N) is 1. The third-order valence-corrected chi connectivity index (χ3v) is 19.4. The first-order chi connectivity index (χ1) is 32.0. The summed E-state index contributed by atoms with van der Waals surface area (Å²) in [6.07, 6.45) is 6.57. The van der Waals surface area contributed by atoms with Crippen LogP contribution in [0.3, 0.4) is 0 Å². The van der Waals surface area contributed by atoms with Gasteiger partial charge in [0.2, 0.25) is 0 Å². The molecule has 9 aromatic carbocycles. The minimum Gasteiger partial charge on any atom is -0.310 e. The van der Waals surface area contributed by atoms with Crippen molar-refractivity contribution in [3.05, 3.63) is 247 Å². The predicted octanol–water partition coefficient (Wildman–Crippen LogP) is 14.2. The maximum atomic E-state index is 2.55. The molecular formula is C63H55NSi. The Labute approximate surface area is 386 Å². The van der Waals surface area contributed by atoms with Crippen LogP contribution in [0.4, 0.5) is 17.1 Å². The Morgan fingerprint density at radius 2 is 0.846 bits per heavy atom. The fourth-order valence-electron chi connectivity index (χ4n) is 11.3. The molecule has 0 spiro atoms. The van der Waals surface area contributed by atoms with E-state index in [1.165, 1.54) is 114 Å². The zero-order chi connectivity index (χ0) is 43.8. The Morgan fingerprint density at radius 3 is 1.42 bits per heavy atom. The molecule has 0 N–H and O–H groups in total. The van der Waals surface area contributed by atoms with Gasteiger partial charge in [0.25, 0.3) is 0 Å². The van der Waals surface area contributed by atoms with Gasteiger partial charge in [-0.15, -0.1) is 0 Å². The Hall–Kier alpha value is -7.00. The molecule has 1 fully saturated rings. The lowest BCUT2D eigenvalue weighted by atomic mass is 9.81. The highest BCUT2D eigenvalue weighted by Gasteiger charge is 2.42. The van der Waals surface area contributed by atoms with Gasteiger partial charge in [-0.1, -0.05) is 227 Å². The van der Waals surface area contributed by atoms with Crippen LogP contribution in [0, 0.1) is 0 Å². The van der Waals surface area contributed by atoms with Crippen LogP contribution in [-0.2, 0) is 5.41 Å². The summed E-state index contributed by atoms with van der Waals surface area (Å²) in [5.74, 6) is 0.635. The van der Waals surface area contributed by atoms with E-state index in [1.54, 1.807) is 0 Å². The first kappa shape index (κ1) is 40.8. The molecule has 0 atom stereocenters. The van der Waals surface area contributed by atoms with Crippen LogP contribution >= 0.6 is 0 Å². The third kappa shape index (κ3) is 7.27. The van der Waals surface area contributed by atoms with E-state index < -0.39 is 8.07 Å². The largest absolute Gasteiger partial charge is 0.310 e. The highest BCUT2D eigenvalue weighted by Crippen LogP contribution is 2.53. The SMILES string of the molecule is CC1(C)c2ccccc2-c2cc(-c3ccc(-c4ccccc4)cc3)c(N(c3ccc(C4CCCCC4)cc3)c3ccc([Si](c4ccccc4)(c4ccccc4)c4ccccc4)cc3)cc21. The number of hydrogen-bond donors (Lipinski definition) is 0. The molecule has 1 nitrogen and oxygen atoms in total. The Morgan fingerprint density at radius 1 is 0.385 bits per heavy atom. The molecule has 11 rings (SSSR count). The van der Waals surface area contributed by atoms with Crippen LogP contribution < -0.4 is 25.6 Å². The number of benzene rings is 9. The zero-order valence-corrected chi connectivity index (χ0v) is 38.5.